The van der Waals surface area contributed by atoms with Gasteiger partial charge in [0.2, 0.25) is 0 Å². The molecule has 0 saturated heterocycles. The number of rotatable bonds is 6. The summed E-state index contributed by atoms with van der Waals surface area (Å²) in [6, 6.07) is 0.263. The zero-order chi connectivity index (χ0) is 15.5. The SMILES string of the molecule is CC[C@H](C)[C@H](NC(=O)c1csc(S(C)(=O)=O)c1)C(=O)O. The van der Waals surface area contributed by atoms with E-state index >= 15 is 0 Å². The van der Waals surface area contributed by atoms with Crippen molar-refractivity contribution in [3.8, 4) is 0 Å². The summed E-state index contributed by atoms with van der Waals surface area (Å²) in [6.07, 6.45) is 1.66. The van der Waals surface area contributed by atoms with Gasteiger partial charge in [-0.05, 0) is 12.0 Å². The lowest BCUT2D eigenvalue weighted by atomic mass is 9.99. The maximum Gasteiger partial charge on any atom is 0.326 e. The largest absolute Gasteiger partial charge is 0.480 e. The summed E-state index contributed by atoms with van der Waals surface area (Å²) in [7, 11) is -3.36. The molecule has 0 saturated carbocycles. The fraction of sp³-hybridized carbons (Fsp3) is 0.500. The van der Waals surface area contributed by atoms with Crippen LogP contribution in [0.5, 0.6) is 0 Å². The predicted molar refractivity (Wildman–Crippen MR) is 75.8 cm³/mol. The molecule has 1 aromatic heterocycles. The Hall–Kier alpha value is -1.41. The minimum absolute atomic E-state index is 0.0815. The van der Waals surface area contributed by atoms with E-state index in [0.717, 1.165) is 17.6 Å². The van der Waals surface area contributed by atoms with Crippen molar-refractivity contribution in [3.05, 3.63) is 17.0 Å². The van der Waals surface area contributed by atoms with E-state index < -0.39 is 27.8 Å². The van der Waals surface area contributed by atoms with Gasteiger partial charge in [0.25, 0.3) is 5.91 Å². The van der Waals surface area contributed by atoms with Crippen LogP contribution in [0.2, 0.25) is 0 Å². The number of carbonyl (C=O) groups excluding carboxylic acids is 1. The van der Waals surface area contributed by atoms with Gasteiger partial charge in [0.1, 0.15) is 10.3 Å². The van der Waals surface area contributed by atoms with Gasteiger partial charge in [-0.2, -0.15) is 0 Å². The van der Waals surface area contributed by atoms with Gasteiger partial charge in [0.15, 0.2) is 9.84 Å². The number of sulfone groups is 1. The van der Waals surface area contributed by atoms with Crippen molar-refractivity contribution < 1.29 is 23.1 Å². The zero-order valence-corrected chi connectivity index (χ0v) is 13.0. The van der Waals surface area contributed by atoms with Crippen LogP contribution in [0.4, 0.5) is 0 Å². The fourth-order valence-electron chi connectivity index (χ4n) is 1.54. The first kappa shape index (κ1) is 16.6. The van der Waals surface area contributed by atoms with Crippen LogP contribution in [0, 0.1) is 5.92 Å². The highest BCUT2D eigenvalue weighted by molar-refractivity contribution is 7.92. The average molecular weight is 319 g/mol. The normalized spacial score (nSPS) is 14.6. The molecule has 0 aliphatic heterocycles. The average Bonchev–Trinajstić information content (AvgIpc) is 2.83. The summed E-state index contributed by atoms with van der Waals surface area (Å²) in [5.74, 6) is -1.90. The highest BCUT2D eigenvalue weighted by Crippen LogP contribution is 2.20. The van der Waals surface area contributed by atoms with Gasteiger partial charge >= 0.3 is 5.97 Å². The summed E-state index contributed by atoms with van der Waals surface area (Å²) >= 11 is 0.938. The summed E-state index contributed by atoms with van der Waals surface area (Å²) in [6.45, 7) is 3.56. The van der Waals surface area contributed by atoms with E-state index in [-0.39, 0.29) is 15.7 Å². The minimum atomic E-state index is -3.36. The van der Waals surface area contributed by atoms with Crippen LogP contribution in [0.3, 0.4) is 0 Å². The number of thiophene rings is 1. The number of carboxylic acids is 1. The van der Waals surface area contributed by atoms with Crippen LogP contribution in [0.25, 0.3) is 0 Å². The van der Waals surface area contributed by atoms with Gasteiger partial charge in [-0.25, -0.2) is 13.2 Å². The van der Waals surface area contributed by atoms with Gasteiger partial charge in [-0.15, -0.1) is 11.3 Å². The molecule has 1 rings (SSSR count). The Morgan fingerprint density at radius 3 is 2.45 bits per heavy atom. The molecule has 1 amide bonds. The molecule has 0 aliphatic rings. The Labute approximate surface area is 121 Å². The van der Waals surface area contributed by atoms with Crippen LogP contribution < -0.4 is 5.32 Å². The lowest BCUT2D eigenvalue weighted by molar-refractivity contribution is -0.140. The van der Waals surface area contributed by atoms with E-state index in [9.17, 15) is 18.0 Å². The van der Waals surface area contributed by atoms with E-state index in [4.69, 9.17) is 5.11 Å². The lowest BCUT2D eigenvalue weighted by Gasteiger charge is -2.19. The van der Waals surface area contributed by atoms with E-state index in [1.54, 1.807) is 6.92 Å². The van der Waals surface area contributed by atoms with Crippen molar-refractivity contribution >= 4 is 33.1 Å². The molecule has 6 nitrogen and oxygen atoms in total. The topological polar surface area (TPSA) is 101 Å². The van der Waals surface area contributed by atoms with Gasteiger partial charge in [0.05, 0.1) is 5.56 Å². The number of carboxylic acid groups (broad SMARTS) is 1. The van der Waals surface area contributed by atoms with Crippen molar-refractivity contribution in [1.82, 2.24) is 5.32 Å². The van der Waals surface area contributed by atoms with Crippen LogP contribution in [-0.2, 0) is 14.6 Å². The third-order valence-corrected chi connectivity index (χ3v) is 5.74. The Balaban J connectivity index is 2.90. The number of aliphatic carboxylic acids is 1. The Morgan fingerprint density at radius 1 is 1.45 bits per heavy atom. The predicted octanol–water partition coefficient (Wildman–Crippen LogP) is 1.38. The highest BCUT2D eigenvalue weighted by Gasteiger charge is 2.26. The quantitative estimate of drug-likeness (QED) is 0.825. The van der Waals surface area contributed by atoms with E-state index in [1.807, 2.05) is 6.92 Å². The highest BCUT2D eigenvalue weighted by atomic mass is 32.2. The summed E-state index contributed by atoms with van der Waals surface area (Å²) in [5.41, 5.74) is 0.157. The van der Waals surface area contributed by atoms with Crippen molar-refractivity contribution in [1.29, 1.82) is 0 Å². The smallest absolute Gasteiger partial charge is 0.326 e. The molecule has 112 valence electrons. The second-order valence-corrected chi connectivity index (χ2v) is 7.76. The molecular weight excluding hydrogens is 302 g/mol. The third kappa shape index (κ3) is 4.04. The monoisotopic (exact) mass is 319 g/mol. The fourth-order valence-corrected chi connectivity index (χ4v) is 3.34. The lowest BCUT2D eigenvalue weighted by Crippen LogP contribution is -2.44. The van der Waals surface area contributed by atoms with Gasteiger partial charge in [0, 0.05) is 11.6 Å². The minimum Gasteiger partial charge on any atom is -0.480 e. The van der Waals surface area contributed by atoms with Gasteiger partial charge < -0.3 is 10.4 Å². The molecule has 0 radical (unpaired) electrons. The standard InChI is InChI=1S/C12H17NO5S2/c1-4-7(2)10(12(15)16)13-11(14)8-5-9(19-6-8)20(3,17)18/h5-7,10H,4H2,1-3H3,(H,13,14)(H,15,16)/t7-,10-/m0/s1. The molecule has 0 unspecified atom stereocenters. The first-order valence-electron chi connectivity index (χ1n) is 5.99. The molecular formula is C12H17NO5S2. The molecule has 20 heavy (non-hydrogen) atoms. The van der Waals surface area contributed by atoms with E-state index in [2.05, 4.69) is 5.32 Å². The number of amides is 1. The number of hydrogen-bond donors (Lipinski definition) is 2. The number of nitrogens with one attached hydrogen (secondary N) is 1. The first-order valence-corrected chi connectivity index (χ1v) is 8.76. The van der Waals surface area contributed by atoms with Crippen molar-refractivity contribution in [2.75, 3.05) is 6.26 Å². The van der Waals surface area contributed by atoms with Crippen LogP contribution in [0.15, 0.2) is 15.7 Å². The number of hydrogen-bond acceptors (Lipinski definition) is 5. The second-order valence-electron chi connectivity index (χ2n) is 4.60. The van der Waals surface area contributed by atoms with Crippen LogP contribution in [-0.4, -0.2) is 37.7 Å². The molecule has 2 atom stereocenters. The van der Waals surface area contributed by atoms with E-state index in [0.29, 0.717) is 6.42 Å². The Morgan fingerprint density at radius 2 is 2.05 bits per heavy atom. The molecule has 0 aromatic carbocycles. The molecule has 2 N–H and O–H groups in total. The molecule has 0 aliphatic carbocycles. The molecule has 1 heterocycles. The summed E-state index contributed by atoms with van der Waals surface area (Å²) < 4.78 is 22.8. The van der Waals surface area contributed by atoms with Crippen molar-refractivity contribution in [2.24, 2.45) is 5.92 Å². The van der Waals surface area contributed by atoms with Crippen LogP contribution >= 0.6 is 11.3 Å². The maximum atomic E-state index is 12.0. The second kappa shape index (κ2) is 6.36. The molecule has 0 bridgehead atoms. The van der Waals surface area contributed by atoms with Gasteiger partial charge in [-0.1, -0.05) is 20.3 Å². The van der Waals surface area contributed by atoms with Crippen molar-refractivity contribution in [2.45, 2.75) is 30.5 Å². The van der Waals surface area contributed by atoms with Gasteiger partial charge in [-0.3, -0.25) is 4.79 Å². The maximum absolute atomic E-state index is 12.0. The third-order valence-electron chi connectivity index (χ3n) is 2.97. The first-order chi connectivity index (χ1) is 9.16. The molecule has 8 heteroatoms. The summed E-state index contributed by atoms with van der Waals surface area (Å²) in [5, 5.41) is 12.9. The summed E-state index contributed by atoms with van der Waals surface area (Å²) in [4.78, 5) is 23.1. The van der Waals surface area contributed by atoms with Crippen LogP contribution in [0.1, 0.15) is 30.6 Å². The molecule has 0 fully saturated rings. The molecule has 1 aromatic rings. The van der Waals surface area contributed by atoms with Crippen molar-refractivity contribution in [3.63, 3.8) is 0 Å². The Bertz CT molecular complexity index is 605. The Kier molecular flexibility index (Phi) is 5.29. The van der Waals surface area contributed by atoms with E-state index in [1.165, 1.54) is 11.4 Å². The molecule has 0 spiro atoms. The number of carbonyl (C=O) groups is 2. The zero-order valence-electron chi connectivity index (χ0n) is 11.4.